The highest BCUT2D eigenvalue weighted by Gasteiger charge is 2.52. The van der Waals surface area contributed by atoms with Gasteiger partial charge < -0.3 is 15.8 Å². The van der Waals surface area contributed by atoms with Crippen molar-refractivity contribution >= 4 is 5.91 Å². The Morgan fingerprint density at radius 1 is 1.45 bits per heavy atom. The lowest BCUT2D eigenvalue weighted by Gasteiger charge is -2.20. The average Bonchev–Trinajstić information content (AvgIpc) is 3.37. The first-order valence-corrected chi connectivity index (χ1v) is 7.35. The number of carbonyl (C=O) groups excluding carboxylic acids is 1. The molecule has 0 heterocycles. The number of rotatable bonds is 6. The smallest absolute Gasteiger partial charge is 0.230 e. The van der Waals surface area contributed by atoms with Crippen LogP contribution in [0.25, 0.3) is 0 Å². The van der Waals surface area contributed by atoms with Gasteiger partial charge in [0.25, 0.3) is 0 Å². The lowest BCUT2D eigenvalue weighted by molar-refractivity contribution is -0.123. The number of para-hydroxylation sites is 1. The molecule has 2 fully saturated rings. The van der Waals surface area contributed by atoms with Crippen LogP contribution in [-0.4, -0.2) is 25.6 Å². The number of carbonyl (C=O) groups is 1. The molecule has 1 amide bonds. The molecule has 3 rings (SSSR count). The third kappa shape index (κ3) is 2.40. The van der Waals surface area contributed by atoms with Gasteiger partial charge >= 0.3 is 0 Å². The maximum absolute atomic E-state index is 12.5. The van der Waals surface area contributed by atoms with Crippen molar-refractivity contribution in [1.82, 2.24) is 5.32 Å². The fourth-order valence-corrected chi connectivity index (χ4v) is 2.85. The van der Waals surface area contributed by atoms with Crippen molar-refractivity contribution < 1.29 is 9.53 Å². The van der Waals surface area contributed by atoms with E-state index in [9.17, 15) is 4.79 Å². The maximum Gasteiger partial charge on any atom is 0.230 e. The fraction of sp³-hybridized carbons (Fsp3) is 0.562. The number of benzene rings is 1. The summed E-state index contributed by atoms with van der Waals surface area (Å²) in [6.45, 7) is 0.584. The van der Waals surface area contributed by atoms with Gasteiger partial charge in [-0.05, 0) is 37.7 Å². The zero-order valence-corrected chi connectivity index (χ0v) is 11.9. The summed E-state index contributed by atoms with van der Waals surface area (Å²) in [6.07, 6.45) is 4.18. The van der Waals surface area contributed by atoms with E-state index in [2.05, 4.69) is 5.32 Å². The fourth-order valence-electron chi connectivity index (χ4n) is 2.85. The van der Waals surface area contributed by atoms with E-state index in [0.717, 1.165) is 24.2 Å². The summed E-state index contributed by atoms with van der Waals surface area (Å²) in [7, 11) is 1.65. The van der Waals surface area contributed by atoms with E-state index in [-0.39, 0.29) is 11.9 Å². The van der Waals surface area contributed by atoms with Crippen molar-refractivity contribution in [3.63, 3.8) is 0 Å². The Kier molecular flexibility index (Phi) is 3.42. The zero-order chi connectivity index (χ0) is 14.2. The summed E-state index contributed by atoms with van der Waals surface area (Å²) < 4.78 is 5.39. The summed E-state index contributed by atoms with van der Waals surface area (Å²) in [5, 5.41) is 3.04. The molecule has 0 saturated heterocycles. The van der Waals surface area contributed by atoms with Crippen molar-refractivity contribution in [3.8, 4) is 5.75 Å². The predicted molar refractivity (Wildman–Crippen MR) is 77.6 cm³/mol. The van der Waals surface area contributed by atoms with E-state index in [1.54, 1.807) is 7.11 Å². The highest BCUT2D eigenvalue weighted by atomic mass is 16.5. The third-order valence-electron chi connectivity index (χ3n) is 4.53. The van der Waals surface area contributed by atoms with Crippen LogP contribution in [0.4, 0.5) is 0 Å². The van der Waals surface area contributed by atoms with Crippen LogP contribution in [0.3, 0.4) is 0 Å². The first kappa shape index (κ1) is 13.4. The van der Waals surface area contributed by atoms with Crippen LogP contribution >= 0.6 is 0 Å². The predicted octanol–water partition coefficient (Wildman–Crippen LogP) is 1.58. The molecule has 0 spiro atoms. The quantitative estimate of drug-likeness (QED) is 0.828. The molecule has 4 nitrogen and oxygen atoms in total. The summed E-state index contributed by atoms with van der Waals surface area (Å²) in [5.41, 5.74) is 6.65. The van der Waals surface area contributed by atoms with E-state index in [1.165, 1.54) is 12.8 Å². The van der Waals surface area contributed by atoms with E-state index in [4.69, 9.17) is 10.5 Å². The Balaban J connectivity index is 1.69. The third-order valence-corrected chi connectivity index (χ3v) is 4.53. The van der Waals surface area contributed by atoms with Crippen molar-refractivity contribution in [2.75, 3.05) is 13.7 Å². The molecule has 1 aromatic carbocycles. The standard InChI is InChI=1S/C16H22N2O2/c1-20-14-5-3-2-4-12(14)16(8-9-16)15(19)18-10-13(17)11-6-7-11/h2-5,11,13H,6-10,17H2,1H3,(H,18,19). The number of ether oxygens (including phenoxy) is 1. The summed E-state index contributed by atoms with van der Waals surface area (Å²) >= 11 is 0. The van der Waals surface area contributed by atoms with Gasteiger partial charge in [-0.2, -0.15) is 0 Å². The van der Waals surface area contributed by atoms with E-state index in [1.807, 2.05) is 24.3 Å². The van der Waals surface area contributed by atoms with Crippen LogP contribution in [0.15, 0.2) is 24.3 Å². The molecule has 4 heteroatoms. The van der Waals surface area contributed by atoms with E-state index >= 15 is 0 Å². The first-order chi connectivity index (χ1) is 9.67. The molecule has 2 saturated carbocycles. The highest BCUT2D eigenvalue weighted by Crippen LogP contribution is 2.51. The second-order valence-corrected chi connectivity index (χ2v) is 5.99. The number of nitrogens with two attached hydrogens (primary N) is 1. The molecule has 20 heavy (non-hydrogen) atoms. The molecule has 108 valence electrons. The Hall–Kier alpha value is -1.55. The minimum Gasteiger partial charge on any atom is -0.496 e. The number of nitrogens with one attached hydrogen (secondary N) is 1. The Morgan fingerprint density at radius 2 is 2.15 bits per heavy atom. The van der Waals surface area contributed by atoms with E-state index in [0.29, 0.717) is 12.5 Å². The molecule has 2 aliphatic rings. The molecule has 2 aliphatic carbocycles. The second-order valence-electron chi connectivity index (χ2n) is 5.99. The average molecular weight is 274 g/mol. The SMILES string of the molecule is COc1ccccc1C1(C(=O)NCC(N)C2CC2)CC1. The monoisotopic (exact) mass is 274 g/mol. The minimum atomic E-state index is -0.393. The lowest BCUT2D eigenvalue weighted by atomic mass is 9.94. The van der Waals surface area contributed by atoms with Crippen LogP contribution in [-0.2, 0) is 10.2 Å². The maximum atomic E-state index is 12.5. The number of hydrogen-bond donors (Lipinski definition) is 2. The van der Waals surface area contributed by atoms with Crippen molar-refractivity contribution in [2.45, 2.75) is 37.1 Å². The summed E-state index contributed by atoms with van der Waals surface area (Å²) in [4.78, 5) is 12.5. The van der Waals surface area contributed by atoms with Crippen LogP contribution in [0.1, 0.15) is 31.2 Å². The molecule has 3 N–H and O–H groups in total. The number of methoxy groups -OCH3 is 1. The normalized spacial score (nSPS) is 21.1. The number of amides is 1. The van der Waals surface area contributed by atoms with Gasteiger partial charge in [-0.15, -0.1) is 0 Å². The summed E-state index contributed by atoms with van der Waals surface area (Å²) in [5.74, 6) is 1.50. The van der Waals surface area contributed by atoms with Gasteiger partial charge in [-0.25, -0.2) is 0 Å². The molecule has 0 bridgehead atoms. The van der Waals surface area contributed by atoms with Gasteiger partial charge in [0.05, 0.1) is 12.5 Å². The van der Waals surface area contributed by atoms with Gasteiger partial charge in [0.2, 0.25) is 5.91 Å². The molecule has 0 radical (unpaired) electrons. The Morgan fingerprint density at radius 3 is 2.75 bits per heavy atom. The Labute approximate surface area is 119 Å². The van der Waals surface area contributed by atoms with Crippen LogP contribution in [0.2, 0.25) is 0 Å². The highest BCUT2D eigenvalue weighted by molar-refractivity contribution is 5.92. The second kappa shape index (κ2) is 5.09. The molecular weight excluding hydrogens is 252 g/mol. The van der Waals surface area contributed by atoms with Gasteiger partial charge in [0, 0.05) is 18.2 Å². The topological polar surface area (TPSA) is 64.3 Å². The van der Waals surface area contributed by atoms with E-state index < -0.39 is 5.41 Å². The molecular formula is C16H22N2O2. The summed E-state index contributed by atoms with van der Waals surface area (Å²) in [6, 6.07) is 7.90. The van der Waals surface area contributed by atoms with Crippen LogP contribution in [0.5, 0.6) is 5.75 Å². The Bertz CT molecular complexity index is 507. The molecule has 1 atom stereocenters. The molecule has 0 aromatic heterocycles. The van der Waals surface area contributed by atoms with Crippen molar-refractivity contribution in [1.29, 1.82) is 0 Å². The molecule has 1 unspecified atom stereocenters. The van der Waals surface area contributed by atoms with Crippen LogP contribution < -0.4 is 15.8 Å². The van der Waals surface area contributed by atoms with Gasteiger partial charge in [0.15, 0.2) is 0 Å². The van der Waals surface area contributed by atoms with Crippen molar-refractivity contribution in [3.05, 3.63) is 29.8 Å². The zero-order valence-electron chi connectivity index (χ0n) is 11.9. The largest absolute Gasteiger partial charge is 0.496 e. The van der Waals surface area contributed by atoms with Crippen molar-refractivity contribution in [2.24, 2.45) is 11.7 Å². The van der Waals surface area contributed by atoms with Crippen LogP contribution in [0, 0.1) is 5.92 Å². The first-order valence-electron chi connectivity index (χ1n) is 7.35. The number of hydrogen-bond acceptors (Lipinski definition) is 3. The molecule has 0 aliphatic heterocycles. The van der Waals surface area contributed by atoms with Gasteiger partial charge in [-0.1, -0.05) is 18.2 Å². The molecule has 1 aromatic rings. The van der Waals surface area contributed by atoms with Gasteiger partial charge in [-0.3, -0.25) is 4.79 Å². The lowest BCUT2D eigenvalue weighted by Crippen LogP contribution is -2.43. The minimum absolute atomic E-state index is 0.0955. The van der Waals surface area contributed by atoms with Gasteiger partial charge in [0.1, 0.15) is 5.75 Å².